The van der Waals surface area contributed by atoms with Gasteiger partial charge in [0.05, 0.1) is 4.90 Å². The fourth-order valence-electron chi connectivity index (χ4n) is 1.65. The molecule has 0 saturated heterocycles. The first-order valence-electron chi connectivity index (χ1n) is 5.73. The van der Waals surface area contributed by atoms with Gasteiger partial charge in [-0.05, 0) is 24.5 Å². The summed E-state index contributed by atoms with van der Waals surface area (Å²) in [5.41, 5.74) is 5.58. The predicted octanol–water partition coefficient (Wildman–Crippen LogP) is 1.34. The van der Waals surface area contributed by atoms with E-state index in [0.717, 1.165) is 6.42 Å². The molecule has 1 aromatic carbocycles. The average Bonchev–Trinajstić information content (AvgIpc) is 2.28. The molecule has 96 valence electrons. The molecule has 0 amide bonds. The van der Waals surface area contributed by atoms with Gasteiger partial charge >= 0.3 is 0 Å². The maximum atomic E-state index is 12.0. The molecule has 0 aromatic heterocycles. The normalized spacial score (nSPS) is 13.9. The Labute approximate surface area is 103 Å². The lowest BCUT2D eigenvalue weighted by molar-refractivity contribution is 0.465. The van der Waals surface area contributed by atoms with Crippen LogP contribution in [0.3, 0.4) is 0 Å². The number of hydrogen-bond donors (Lipinski definition) is 2. The van der Waals surface area contributed by atoms with Crippen LogP contribution in [-0.4, -0.2) is 21.0 Å². The molecular formula is C12H20N2O2S. The molecule has 1 unspecified atom stereocenters. The molecule has 4 nitrogen and oxygen atoms in total. The van der Waals surface area contributed by atoms with Crippen LogP contribution in [0.15, 0.2) is 35.2 Å². The highest BCUT2D eigenvalue weighted by Gasteiger charge is 2.19. The number of sulfonamides is 1. The van der Waals surface area contributed by atoms with Crippen LogP contribution in [0, 0.1) is 5.92 Å². The smallest absolute Gasteiger partial charge is 0.240 e. The second kappa shape index (κ2) is 6.14. The zero-order valence-corrected chi connectivity index (χ0v) is 11.1. The highest BCUT2D eigenvalue weighted by atomic mass is 32.2. The van der Waals surface area contributed by atoms with Crippen molar-refractivity contribution >= 4 is 10.0 Å². The molecule has 5 heteroatoms. The molecule has 1 aromatic rings. The van der Waals surface area contributed by atoms with Crippen molar-refractivity contribution in [1.29, 1.82) is 0 Å². The van der Waals surface area contributed by atoms with Crippen LogP contribution in [0.25, 0.3) is 0 Å². The Morgan fingerprint density at radius 3 is 2.29 bits per heavy atom. The van der Waals surface area contributed by atoms with Crippen molar-refractivity contribution in [2.75, 3.05) is 6.54 Å². The van der Waals surface area contributed by atoms with Crippen molar-refractivity contribution in [2.24, 2.45) is 11.7 Å². The molecule has 0 spiro atoms. The third kappa shape index (κ3) is 4.46. The van der Waals surface area contributed by atoms with E-state index in [-0.39, 0.29) is 10.9 Å². The minimum Gasteiger partial charge on any atom is -0.329 e. The standard InChI is InChI=1S/C12H20N2O2S/c1-10(2)8-11(9-13)14-17(15,16)12-6-4-3-5-7-12/h3-7,10-11,14H,8-9,13H2,1-2H3. The Bertz CT molecular complexity index is 429. The summed E-state index contributed by atoms with van der Waals surface area (Å²) in [5, 5.41) is 0. The fourth-order valence-corrected chi connectivity index (χ4v) is 2.93. The van der Waals surface area contributed by atoms with Gasteiger partial charge in [-0.25, -0.2) is 13.1 Å². The van der Waals surface area contributed by atoms with Crippen LogP contribution in [0.1, 0.15) is 20.3 Å². The first-order valence-corrected chi connectivity index (χ1v) is 7.21. The molecule has 0 fully saturated rings. The number of hydrogen-bond acceptors (Lipinski definition) is 3. The summed E-state index contributed by atoms with van der Waals surface area (Å²) in [6.45, 7) is 4.39. The van der Waals surface area contributed by atoms with Gasteiger partial charge in [0, 0.05) is 12.6 Å². The average molecular weight is 256 g/mol. The molecule has 1 rings (SSSR count). The molecule has 1 atom stereocenters. The predicted molar refractivity (Wildman–Crippen MR) is 69.1 cm³/mol. The van der Waals surface area contributed by atoms with Gasteiger partial charge in [-0.15, -0.1) is 0 Å². The Kier molecular flexibility index (Phi) is 5.11. The number of nitrogens with one attached hydrogen (secondary N) is 1. The Balaban J connectivity index is 2.79. The van der Waals surface area contributed by atoms with Crippen molar-refractivity contribution in [1.82, 2.24) is 4.72 Å². The van der Waals surface area contributed by atoms with Crippen LogP contribution < -0.4 is 10.5 Å². The summed E-state index contributed by atoms with van der Waals surface area (Å²) in [6.07, 6.45) is 0.739. The van der Waals surface area contributed by atoms with Crippen molar-refractivity contribution in [3.05, 3.63) is 30.3 Å². The van der Waals surface area contributed by atoms with Gasteiger partial charge < -0.3 is 5.73 Å². The largest absolute Gasteiger partial charge is 0.329 e. The zero-order chi connectivity index (χ0) is 12.9. The van der Waals surface area contributed by atoms with Gasteiger partial charge in [0.1, 0.15) is 0 Å². The Morgan fingerprint density at radius 1 is 1.24 bits per heavy atom. The Hall–Kier alpha value is -0.910. The van der Waals surface area contributed by atoms with E-state index in [9.17, 15) is 8.42 Å². The second-order valence-corrected chi connectivity index (χ2v) is 6.21. The van der Waals surface area contributed by atoms with Crippen molar-refractivity contribution < 1.29 is 8.42 Å². The minimum absolute atomic E-state index is 0.208. The van der Waals surface area contributed by atoms with Crippen LogP contribution in [0.4, 0.5) is 0 Å². The maximum Gasteiger partial charge on any atom is 0.240 e. The quantitative estimate of drug-likeness (QED) is 0.806. The molecule has 0 aliphatic carbocycles. The van der Waals surface area contributed by atoms with E-state index in [1.807, 2.05) is 13.8 Å². The van der Waals surface area contributed by atoms with Crippen molar-refractivity contribution in [2.45, 2.75) is 31.2 Å². The fraction of sp³-hybridized carbons (Fsp3) is 0.500. The van der Waals surface area contributed by atoms with E-state index in [2.05, 4.69) is 4.72 Å². The van der Waals surface area contributed by atoms with E-state index in [0.29, 0.717) is 12.5 Å². The van der Waals surface area contributed by atoms with E-state index < -0.39 is 10.0 Å². The lowest BCUT2D eigenvalue weighted by Gasteiger charge is -2.18. The summed E-state index contributed by atoms with van der Waals surface area (Å²) in [7, 11) is -3.45. The first-order chi connectivity index (χ1) is 7.95. The van der Waals surface area contributed by atoms with Gasteiger partial charge in [-0.1, -0.05) is 32.0 Å². The number of rotatable bonds is 6. The SMILES string of the molecule is CC(C)CC(CN)NS(=O)(=O)c1ccccc1. The molecule has 0 aliphatic heterocycles. The van der Waals surface area contributed by atoms with Gasteiger partial charge in [-0.3, -0.25) is 0 Å². The maximum absolute atomic E-state index is 12.0. The third-order valence-electron chi connectivity index (χ3n) is 2.42. The Morgan fingerprint density at radius 2 is 1.82 bits per heavy atom. The summed E-state index contributed by atoms with van der Waals surface area (Å²) < 4.78 is 26.7. The molecular weight excluding hydrogens is 236 g/mol. The highest BCUT2D eigenvalue weighted by molar-refractivity contribution is 7.89. The molecule has 0 heterocycles. The van der Waals surface area contributed by atoms with Crippen LogP contribution >= 0.6 is 0 Å². The van der Waals surface area contributed by atoms with Crippen LogP contribution in [-0.2, 0) is 10.0 Å². The van der Waals surface area contributed by atoms with E-state index >= 15 is 0 Å². The van der Waals surface area contributed by atoms with Crippen LogP contribution in [0.2, 0.25) is 0 Å². The zero-order valence-electron chi connectivity index (χ0n) is 10.3. The van der Waals surface area contributed by atoms with Gasteiger partial charge in [0.2, 0.25) is 10.0 Å². The lowest BCUT2D eigenvalue weighted by Crippen LogP contribution is -2.40. The minimum atomic E-state index is -3.45. The first kappa shape index (κ1) is 14.2. The van der Waals surface area contributed by atoms with Crippen molar-refractivity contribution in [3.8, 4) is 0 Å². The van der Waals surface area contributed by atoms with Gasteiger partial charge in [0.25, 0.3) is 0 Å². The van der Waals surface area contributed by atoms with E-state index in [1.54, 1.807) is 30.3 Å². The number of benzene rings is 1. The second-order valence-electron chi connectivity index (χ2n) is 4.50. The van der Waals surface area contributed by atoms with Crippen molar-refractivity contribution in [3.63, 3.8) is 0 Å². The lowest BCUT2D eigenvalue weighted by atomic mass is 10.1. The highest BCUT2D eigenvalue weighted by Crippen LogP contribution is 2.11. The summed E-state index contributed by atoms with van der Waals surface area (Å²) in [5.74, 6) is 0.405. The summed E-state index contributed by atoms with van der Waals surface area (Å²) >= 11 is 0. The van der Waals surface area contributed by atoms with E-state index in [4.69, 9.17) is 5.73 Å². The molecule has 0 aliphatic rings. The number of nitrogens with two attached hydrogens (primary N) is 1. The molecule has 17 heavy (non-hydrogen) atoms. The van der Waals surface area contributed by atoms with E-state index in [1.165, 1.54) is 0 Å². The van der Waals surface area contributed by atoms with Crippen LogP contribution in [0.5, 0.6) is 0 Å². The molecule has 0 saturated carbocycles. The topological polar surface area (TPSA) is 72.2 Å². The van der Waals surface area contributed by atoms with Gasteiger partial charge in [0.15, 0.2) is 0 Å². The monoisotopic (exact) mass is 256 g/mol. The third-order valence-corrected chi connectivity index (χ3v) is 3.95. The molecule has 0 bridgehead atoms. The molecule has 3 N–H and O–H groups in total. The van der Waals surface area contributed by atoms with Gasteiger partial charge in [-0.2, -0.15) is 0 Å². The summed E-state index contributed by atoms with van der Waals surface area (Å²) in [4.78, 5) is 0.280. The molecule has 0 radical (unpaired) electrons. The summed E-state index contributed by atoms with van der Waals surface area (Å²) in [6, 6.07) is 8.13.